The molecule has 2 spiro atoms. The van der Waals surface area contributed by atoms with Crippen molar-refractivity contribution < 1.29 is 23.5 Å². The van der Waals surface area contributed by atoms with E-state index in [0.717, 1.165) is 88.4 Å². The van der Waals surface area contributed by atoms with Crippen LogP contribution in [0.3, 0.4) is 0 Å². The molecule has 0 amide bonds. The monoisotopic (exact) mass is 608 g/mol. The van der Waals surface area contributed by atoms with Gasteiger partial charge in [0.1, 0.15) is 6.10 Å². The number of nitrogens with zero attached hydrogens (tertiary/aromatic N) is 6. The van der Waals surface area contributed by atoms with Gasteiger partial charge in [0, 0.05) is 31.7 Å². The van der Waals surface area contributed by atoms with E-state index in [9.17, 15) is 4.79 Å². The summed E-state index contributed by atoms with van der Waals surface area (Å²) in [6, 6.07) is 0.153. The lowest BCUT2D eigenvalue weighted by Crippen LogP contribution is -2.56. The number of hydrogen-bond donors (Lipinski definition) is 0. The highest BCUT2D eigenvalue weighted by atomic mass is 16.7. The number of aromatic nitrogens is 5. The third kappa shape index (κ3) is 4.24. The average Bonchev–Trinajstić information content (AvgIpc) is 3.83. The minimum atomic E-state index is -0.655. The molecule has 5 aliphatic rings. The topological polar surface area (TPSA) is 119 Å². The van der Waals surface area contributed by atoms with Gasteiger partial charge in [-0.1, -0.05) is 11.6 Å². The van der Waals surface area contributed by atoms with E-state index >= 15 is 0 Å². The van der Waals surface area contributed by atoms with Gasteiger partial charge in [-0.2, -0.15) is 4.98 Å². The first-order valence-corrected chi connectivity index (χ1v) is 16.6. The average molecular weight is 609 g/mol. The minimum Gasteiger partial charge on any atom is -0.471 e. The van der Waals surface area contributed by atoms with E-state index in [-0.39, 0.29) is 29.3 Å². The van der Waals surface area contributed by atoms with Gasteiger partial charge >= 0.3 is 5.69 Å². The molecule has 3 aromatic rings. The summed E-state index contributed by atoms with van der Waals surface area (Å²) >= 11 is 0. The summed E-state index contributed by atoms with van der Waals surface area (Å²) in [6.45, 7) is 5.52. The standard InChI is InChI=1S/C32H44N6O6/c1-20(23-11-7-15-36(23)2)43-29-24-28(38(30(39)37(24)3)21-9-8-16-40-19-21)33-27(34-29)25-22-10-6-13-31(26(22)35-44-25)12-4-5-14-32(31)41-17-18-42-32/h20-21,23H,4-19H2,1-3H3/t20-,21+,23-,31-/m0/s1. The van der Waals surface area contributed by atoms with Crippen LogP contribution in [0.4, 0.5) is 0 Å². The van der Waals surface area contributed by atoms with Crippen molar-refractivity contribution >= 4 is 11.2 Å². The molecule has 2 aliphatic carbocycles. The van der Waals surface area contributed by atoms with Crippen LogP contribution in [0.5, 0.6) is 5.88 Å². The van der Waals surface area contributed by atoms with E-state index in [1.807, 2.05) is 0 Å². The molecule has 3 aliphatic heterocycles. The molecule has 0 bridgehead atoms. The Morgan fingerprint density at radius 1 is 0.977 bits per heavy atom. The number of rotatable bonds is 5. The van der Waals surface area contributed by atoms with Crippen molar-refractivity contribution in [3.8, 4) is 17.5 Å². The van der Waals surface area contributed by atoms with Gasteiger partial charge in [-0.15, -0.1) is 0 Å². The van der Waals surface area contributed by atoms with Gasteiger partial charge in [0.05, 0.1) is 37.0 Å². The fraction of sp³-hybridized carbons (Fsp3) is 0.750. The van der Waals surface area contributed by atoms with Crippen LogP contribution in [0.15, 0.2) is 9.32 Å². The first-order valence-electron chi connectivity index (χ1n) is 16.6. The van der Waals surface area contributed by atoms with Gasteiger partial charge in [0.25, 0.3) is 0 Å². The van der Waals surface area contributed by atoms with Crippen LogP contribution in [-0.4, -0.2) is 87.1 Å². The lowest BCUT2D eigenvalue weighted by Gasteiger charge is -2.50. The molecule has 8 rings (SSSR count). The maximum atomic E-state index is 13.8. The molecule has 0 radical (unpaired) electrons. The van der Waals surface area contributed by atoms with Crippen LogP contribution in [-0.2, 0) is 33.1 Å². The van der Waals surface area contributed by atoms with E-state index in [1.54, 1.807) is 16.2 Å². The predicted octanol–water partition coefficient (Wildman–Crippen LogP) is 3.89. The molecule has 3 saturated heterocycles. The maximum absolute atomic E-state index is 13.8. The van der Waals surface area contributed by atoms with Crippen molar-refractivity contribution in [2.75, 3.05) is 40.0 Å². The van der Waals surface area contributed by atoms with E-state index in [4.69, 9.17) is 38.6 Å². The smallest absolute Gasteiger partial charge is 0.330 e. The van der Waals surface area contributed by atoms with Crippen molar-refractivity contribution in [2.24, 2.45) is 7.05 Å². The van der Waals surface area contributed by atoms with Gasteiger partial charge in [0.2, 0.25) is 17.5 Å². The first-order chi connectivity index (χ1) is 21.4. The molecule has 3 aromatic heterocycles. The zero-order chi connectivity index (χ0) is 30.1. The molecule has 1 saturated carbocycles. The second-order valence-corrected chi connectivity index (χ2v) is 13.6. The molecule has 4 atom stereocenters. The Bertz CT molecular complexity index is 1600. The van der Waals surface area contributed by atoms with Crippen LogP contribution < -0.4 is 10.4 Å². The normalized spacial score (nSPS) is 29.5. The maximum Gasteiger partial charge on any atom is 0.330 e. The highest BCUT2D eigenvalue weighted by molar-refractivity contribution is 5.80. The second-order valence-electron chi connectivity index (χ2n) is 13.6. The Kier molecular flexibility index (Phi) is 7.11. The number of aryl methyl sites for hydroxylation is 1. The molecule has 12 nitrogen and oxygen atoms in total. The molecule has 6 heterocycles. The highest BCUT2D eigenvalue weighted by Gasteiger charge is 2.61. The largest absolute Gasteiger partial charge is 0.471 e. The summed E-state index contributed by atoms with van der Waals surface area (Å²) in [6.07, 6.45) is 10.5. The highest BCUT2D eigenvalue weighted by Crippen LogP contribution is 2.57. The summed E-state index contributed by atoms with van der Waals surface area (Å²) in [4.78, 5) is 26.2. The fourth-order valence-corrected chi connectivity index (χ4v) is 8.94. The Balaban J connectivity index is 1.28. The number of likely N-dealkylation sites (N-methyl/N-ethyl adjacent to an activating group) is 1. The first kappa shape index (κ1) is 28.7. The van der Waals surface area contributed by atoms with Crippen molar-refractivity contribution in [3.63, 3.8) is 0 Å². The van der Waals surface area contributed by atoms with Gasteiger partial charge in [-0.05, 0) is 78.3 Å². The predicted molar refractivity (Wildman–Crippen MR) is 161 cm³/mol. The van der Waals surface area contributed by atoms with Crippen LogP contribution in [0, 0.1) is 0 Å². The summed E-state index contributed by atoms with van der Waals surface area (Å²) in [7, 11) is 3.91. The Morgan fingerprint density at radius 3 is 2.57 bits per heavy atom. The third-order valence-corrected chi connectivity index (χ3v) is 11.1. The zero-order valence-corrected chi connectivity index (χ0v) is 26.2. The SMILES string of the molecule is C[C@H](Oc1nc(-c2onc3c2CCC[C@@]32CCCCC23OCCO3)nc2c1n(C)c(=O)n2[C@@H]1CCCOC1)[C@@H]1CCCN1C. The lowest BCUT2D eigenvalue weighted by molar-refractivity contribution is -0.231. The number of ether oxygens (including phenoxy) is 4. The van der Waals surface area contributed by atoms with Crippen molar-refractivity contribution in [3.05, 3.63) is 21.7 Å². The Morgan fingerprint density at radius 2 is 1.80 bits per heavy atom. The zero-order valence-electron chi connectivity index (χ0n) is 26.2. The molecule has 0 unspecified atom stereocenters. The quantitative estimate of drug-likeness (QED) is 0.422. The Labute approximate surface area is 257 Å². The van der Waals surface area contributed by atoms with Crippen LogP contribution in [0.2, 0.25) is 0 Å². The molecule has 12 heteroatoms. The molecular weight excluding hydrogens is 564 g/mol. The molecule has 238 valence electrons. The van der Waals surface area contributed by atoms with Gasteiger partial charge in [-0.3, -0.25) is 14.0 Å². The number of hydrogen-bond acceptors (Lipinski definition) is 10. The van der Waals surface area contributed by atoms with Crippen LogP contribution in [0.25, 0.3) is 22.7 Å². The summed E-state index contributed by atoms with van der Waals surface area (Å²) in [5, 5.41) is 4.75. The number of likely N-dealkylation sites (tertiary alicyclic amines) is 1. The molecule has 0 N–H and O–H groups in total. The van der Waals surface area contributed by atoms with Crippen LogP contribution in [0.1, 0.15) is 88.4 Å². The molecule has 4 fully saturated rings. The minimum absolute atomic E-state index is 0.111. The fourth-order valence-electron chi connectivity index (χ4n) is 8.94. The lowest BCUT2D eigenvalue weighted by atomic mass is 9.61. The van der Waals surface area contributed by atoms with Crippen molar-refractivity contribution in [1.82, 2.24) is 29.2 Å². The van der Waals surface area contributed by atoms with Gasteiger partial charge in [-0.25, -0.2) is 9.78 Å². The van der Waals surface area contributed by atoms with E-state index in [0.29, 0.717) is 55.1 Å². The van der Waals surface area contributed by atoms with Gasteiger partial charge < -0.3 is 23.5 Å². The van der Waals surface area contributed by atoms with Crippen molar-refractivity contribution in [1.29, 1.82) is 0 Å². The summed E-state index contributed by atoms with van der Waals surface area (Å²) in [5.41, 5.74) is 2.61. The number of fused-ring (bicyclic) bond motifs is 4. The molecule has 44 heavy (non-hydrogen) atoms. The summed E-state index contributed by atoms with van der Waals surface area (Å²) < 4.78 is 34.9. The van der Waals surface area contributed by atoms with E-state index in [1.165, 1.54) is 0 Å². The Hall–Kier alpha value is -2.80. The number of imidazole rings is 1. The molecular formula is C32H44N6O6. The molecule has 0 aromatic carbocycles. The second kappa shape index (κ2) is 10.9. The summed E-state index contributed by atoms with van der Waals surface area (Å²) in [5.74, 6) is 0.703. The van der Waals surface area contributed by atoms with E-state index in [2.05, 4.69) is 18.9 Å². The van der Waals surface area contributed by atoms with E-state index < -0.39 is 5.79 Å². The van der Waals surface area contributed by atoms with Crippen molar-refractivity contribution in [2.45, 2.75) is 107 Å². The van der Waals surface area contributed by atoms with Gasteiger partial charge in [0.15, 0.2) is 17.0 Å². The van der Waals surface area contributed by atoms with Crippen LogP contribution >= 0.6 is 0 Å². The third-order valence-electron chi connectivity index (χ3n) is 11.1.